The molecule has 0 saturated carbocycles. The molecule has 0 fully saturated rings. The molecule has 1 heterocycles. The average Bonchev–Trinajstić information content (AvgIpc) is 2.29. The molecule has 0 radical (unpaired) electrons. The molecule has 5 heteroatoms. The maximum absolute atomic E-state index is 11.4. The van der Waals surface area contributed by atoms with Crippen molar-refractivity contribution in [3.8, 4) is 0 Å². The summed E-state index contributed by atoms with van der Waals surface area (Å²) < 4.78 is 5.67. The first-order chi connectivity index (χ1) is 7.72. The molecule has 0 aliphatic heterocycles. The Bertz CT molecular complexity index is 542. The second-order valence-corrected chi connectivity index (χ2v) is 3.95. The molecule has 2 rings (SSSR count). The van der Waals surface area contributed by atoms with E-state index in [1.165, 1.54) is 0 Å². The number of ether oxygens (including phenoxy) is 1. The van der Waals surface area contributed by atoms with Crippen LogP contribution in [-0.2, 0) is 4.74 Å². The molecule has 0 aliphatic rings. The van der Waals surface area contributed by atoms with Crippen LogP contribution in [0.4, 0.5) is 0 Å². The molecular formula is C11H9BrN2O2. The van der Waals surface area contributed by atoms with Crippen LogP contribution < -0.4 is 0 Å². The Labute approximate surface area is 101 Å². The summed E-state index contributed by atoms with van der Waals surface area (Å²) in [6, 6.07) is 5.64. The van der Waals surface area contributed by atoms with E-state index in [1.807, 2.05) is 18.2 Å². The SMILES string of the molecule is CCOC(=O)c1ncc2cccc(Br)c2n1. The smallest absolute Gasteiger partial charge is 0.376 e. The van der Waals surface area contributed by atoms with Gasteiger partial charge in [-0.1, -0.05) is 12.1 Å². The summed E-state index contributed by atoms with van der Waals surface area (Å²) in [5.41, 5.74) is 0.709. The fraction of sp³-hybridized carbons (Fsp3) is 0.182. The summed E-state index contributed by atoms with van der Waals surface area (Å²) in [6.07, 6.45) is 1.61. The number of nitrogens with zero attached hydrogens (tertiary/aromatic N) is 2. The van der Waals surface area contributed by atoms with Crippen molar-refractivity contribution in [1.29, 1.82) is 0 Å². The van der Waals surface area contributed by atoms with Crippen LogP contribution in [0.1, 0.15) is 17.5 Å². The molecule has 0 amide bonds. The minimum absolute atomic E-state index is 0.0845. The van der Waals surface area contributed by atoms with Crippen molar-refractivity contribution < 1.29 is 9.53 Å². The highest BCUT2D eigenvalue weighted by molar-refractivity contribution is 9.10. The Kier molecular flexibility index (Phi) is 3.14. The molecule has 1 aromatic heterocycles. The predicted molar refractivity (Wildman–Crippen MR) is 63.2 cm³/mol. The lowest BCUT2D eigenvalue weighted by molar-refractivity contribution is 0.0512. The van der Waals surface area contributed by atoms with Gasteiger partial charge in [-0.25, -0.2) is 14.8 Å². The number of rotatable bonds is 2. The van der Waals surface area contributed by atoms with Crippen LogP contribution >= 0.6 is 15.9 Å². The maximum atomic E-state index is 11.4. The zero-order valence-electron chi connectivity index (χ0n) is 8.61. The number of carbonyl (C=O) groups excluding carboxylic acids is 1. The lowest BCUT2D eigenvalue weighted by Crippen LogP contribution is -2.09. The molecular weight excluding hydrogens is 272 g/mol. The summed E-state index contributed by atoms with van der Waals surface area (Å²) in [4.78, 5) is 19.6. The topological polar surface area (TPSA) is 52.1 Å². The van der Waals surface area contributed by atoms with Crippen molar-refractivity contribution in [2.45, 2.75) is 6.92 Å². The van der Waals surface area contributed by atoms with Gasteiger partial charge >= 0.3 is 5.97 Å². The van der Waals surface area contributed by atoms with Gasteiger partial charge in [-0.3, -0.25) is 0 Å². The number of esters is 1. The standard InChI is InChI=1S/C11H9BrN2O2/c1-2-16-11(15)10-13-6-7-4-3-5-8(12)9(7)14-10/h3-6H,2H2,1H3. The van der Waals surface area contributed by atoms with E-state index in [4.69, 9.17) is 4.74 Å². The lowest BCUT2D eigenvalue weighted by Gasteiger charge is -2.02. The molecule has 4 nitrogen and oxygen atoms in total. The van der Waals surface area contributed by atoms with Crippen LogP contribution in [0.15, 0.2) is 28.9 Å². The van der Waals surface area contributed by atoms with E-state index in [0.717, 1.165) is 9.86 Å². The van der Waals surface area contributed by atoms with Crippen molar-refractivity contribution in [2.24, 2.45) is 0 Å². The van der Waals surface area contributed by atoms with Crippen molar-refractivity contribution >= 4 is 32.8 Å². The Morgan fingerprint density at radius 1 is 1.50 bits per heavy atom. The van der Waals surface area contributed by atoms with Crippen LogP contribution in [0, 0.1) is 0 Å². The molecule has 0 saturated heterocycles. The molecule has 0 spiro atoms. The number of hydrogen-bond donors (Lipinski definition) is 0. The number of aromatic nitrogens is 2. The fourth-order valence-electron chi connectivity index (χ4n) is 1.31. The highest BCUT2D eigenvalue weighted by Gasteiger charge is 2.11. The summed E-state index contributed by atoms with van der Waals surface area (Å²) >= 11 is 3.38. The Morgan fingerprint density at radius 3 is 3.06 bits per heavy atom. The number of hydrogen-bond acceptors (Lipinski definition) is 4. The highest BCUT2D eigenvalue weighted by Crippen LogP contribution is 2.21. The van der Waals surface area contributed by atoms with E-state index >= 15 is 0 Å². The van der Waals surface area contributed by atoms with E-state index in [-0.39, 0.29) is 5.82 Å². The van der Waals surface area contributed by atoms with Gasteiger partial charge in [0, 0.05) is 16.1 Å². The zero-order valence-corrected chi connectivity index (χ0v) is 10.2. The van der Waals surface area contributed by atoms with Gasteiger partial charge in [-0.15, -0.1) is 0 Å². The third-order valence-electron chi connectivity index (χ3n) is 2.02. The molecule has 1 aromatic carbocycles. The maximum Gasteiger partial charge on any atom is 0.376 e. The minimum Gasteiger partial charge on any atom is -0.460 e. The number of carbonyl (C=O) groups is 1. The van der Waals surface area contributed by atoms with Crippen LogP contribution in [0.5, 0.6) is 0 Å². The number of halogens is 1. The summed E-state index contributed by atoms with van der Waals surface area (Å²) in [6.45, 7) is 2.06. The van der Waals surface area contributed by atoms with Gasteiger partial charge in [0.25, 0.3) is 0 Å². The summed E-state index contributed by atoms with van der Waals surface area (Å²) in [7, 11) is 0. The van der Waals surface area contributed by atoms with Crippen LogP contribution in [0.25, 0.3) is 10.9 Å². The van der Waals surface area contributed by atoms with Gasteiger partial charge in [0.2, 0.25) is 5.82 Å². The highest BCUT2D eigenvalue weighted by atomic mass is 79.9. The van der Waals surface area contributed by atoms with Crippen molar-refractivity contribution in [2.75, 3.05) is 6.61 Å². The first kappa shape index (κ1) is 11.0. The van der Waals surface area contributed by atoms with Gasteiger partial charge < -0.3 is 4.74 Å². The Hall–Kier alpha value is -1.49. The quantitative estimate of drug-likeness (QED) is 0.794. The third-order valence-corrected chi connectivity index (χ3v) is 2.66. The van der Waals surface area contributed by atoms with E-state index in [0.29, 0.717) is 12.1 Å². The van der Waals surface area contributed by atoms with Crippen molar-refractivity contribution in [3.05, 3.63) is 34.7 Å². The van der Waals surface area contributed by atoms with Crippen LogP contribution in [-0.4, -0.2) is 22.5 Å². The molecule has 16 heavy (non-hydrogen) atoms. The molecule has 0 atom stereocenters. The average molecular weight is 281 g/mol. The Morgan fingerprint density at radius 2 is 2.31 bits per heavy atom. The van der Waals surface area contributed by atoms with E-state index in [2.05, 4.69) is 25.9 Å². The number of benzene rings is 1. The normalized spacial score (nSPS) is 10.4. The van der Waals surface area contributed by atoms with E-state index < -0.39 is 5.97 Å². The van der Waals surface area contributed by atoms with Gasteiger partial charge in [0.05, 0.1) is 12.1 Å². The second-order valence-electron chi connectivity index (χ2n) is 3.09. The molecule has 0 aliphatic carbocycles. The van der Waals surface area contributed by atoms with Crippen LogP contribution in [0.3, 0.4) is 0 Å². The van der Waals surface area contributed by atoms with Crippen molar-refractivity contribution in [3.63, 3.8) is 0 Å². The predicted octanol–water partition coefficient (Wildman–Crippen LogP) is 2.57. The largest absolute Gasteiger partial charge is 0.460 e. The van der Waals surface area contributed by atoms with E-state index in [1.54, 1.807) is 13.1 Å². The molecule has 0 unspecified atom stereocenters. The second kappa shape index (κ2) is 4.57. The van der Waals surface area contributed by atoms with Gasteiger partial charge in [-0.05, 0) is 28.9 Å². The van der Waals surface area contributed by atoms with Gasteiger partial charge in [0.1, 0.15) is 0 Å². The number of para-hydroxylation sites is 1. The first-order valence-electron chi connectivity index (χ1n) is 4.80. The fourth-order valence-corrected chi connectivity index (χ4v) is 1.78. The monoisotopic (exact) mass is 280 g/mol. The van der Waals surface area contributed by atoms with E-state index in [9.17, 15) is 4.79 Å². The van der Waals surface area contributed by atoms with Crippen LogP contribution in [0.2, 0.25) is 0 Å². The summed E-state index contributed by atoms with van der Waals surface area (Å²) in [5.74, 6) is -0.415. The molecule has 82 valence electrons. The zero-order chi connectivity index (χ0) is 11.5. The minimum atomic E-state index is -0.500. The van der Waals surface area contributed by atoms with Gasteiger partial charge in [0.15, 0.2) is 0 Å². The number of fused-ring (bicyclic) bond motifs is 1. The molecule has 0 bridgehead atoms. The lowest BCUT2D eigenvalue weighted by atomic mass is 10.2. The van der Waals surface area contributed by atoms with Gasteiger partial charge in [-0.2, -0.15) is 0 Å². The first-order valence-corrected chi connectivity index (χ1v) is 5.60. The molecule has 2 aromatic rings. The molecule has 0 N–H and O–H groups in total. The van der Waals surface area contributed by atoms with Crippen molar-refractivity contribution in [1.82, 2.24) is 9.97 Å². The third kappa shape index (κ3) is 2.04. The summed E-state index contributed by atoms with van der Waals surface area (Å²) in [5, 5.41) is 0.877. The Balaban J connectivity index is 2.51.